The maximum atomic E-state index is 12.2. The molecule has 0 saturated carbocycles. The van der Waals surface area contributed by atoms with Crippen LogP contribution in [0.2, 0.25) is 0 Å². The molecule has 1 aromatic carbocycles. The van der Waals surface area contributed by atoms with Gasteiger partial charge in [-0.25, -0.2) is 10.2 Å². The first-order chi connectivity index (χ1) is 9.60. The molecule has 3 N–H and O–H groups in total. The van der Waals surface area contributed by atoms with Crippen LogP contribution in [0.25, 0.3) is 0 Å². The molecule has 0 radical (unpaired) electrons. The molecule has 0 fully saturated rings. The van der Waals surface area contributed by atoms with E-state index in [4.69, 9.17) is 5.73 Å². The van der Waals surface area contributed by atoms with Crippen molar-refractivity contribution in [2.45, 2.75) is 6.36 Å². The van der Waals surface area contributed by atoms with Crippen LogP contribution < -0.4 is 15.9 Å². The van der Waals surface area contributed by atoms with Gasteiger partial charge in [-0.3, -0.25) is 10.1 Å². The van der Waals surface area contributed by atoms with Gasteiger partial charge < -0.3 is 10.5 Å². The van der Waals surface area contributed by atoms with Gasteiger partial charge in [0.25, 0.3) is 0 Å². The van der Waals surface area contributed by atoms with Gasteiger partial charge in [0.15, 0.2) is 0 Å². The van der Waals surface area contributed by atoms with Crippen molar-refractivity contribution in [3.63, 3.8) is 0 Å². The van der Waals surface area contributed by atoms with E-state index in [1.807, 2.05) is 5.43 Å². The van der Waals surface area contributed by atoms with Crippen LogP contribution in [0.5, 0.6) is 5.75 Å². The molecule has 0 aromatic heterocycles. The Bertz CT molecular complexity index is 605. The van der Waals surface area contributed by atoms with E-state index in [0.29, 0.717) is 0 Å². The van der Waals surface area contributed by atoms with Gasteiger partial charge in [0.1, 0.15) is 0 Å². The molecule has 0 aliphatic heterocycles. The second kappa shape index (κ2) is 6.39. The molecule has 0 spiro atoms. The Labute approximate surface area is 123 Å². The number of urea groups is 1. The zero-order chi connectivity index (χ0) is 16.2. The Morgan fingerprint density at radius 3 is 2.62 bits per heavy atom. The monoisotopic (exact) mass is 370 g/mol. The van der Waals surface area contributed by atoms with Crippen molar-refractivity contribution >= 4 is 33.9 Å². The number of alkyl halides is 3. The quantitative estimate of drug-likeness (QED) is 0.479. The summed E-state index contributed by atoms with van der Waals surface area (Å²) in [5.74, 6) is -0.993. The Kier molecular flexibility index (Phi) is 5.07. The fourth-order valence-corrected chi connectivity index (χ4v) is 1.75. The number of benzene rings is 1. The summed E-state index contributed by atoms with van der Waals surface area (Å²) in [6.07, 6.45) is -4.13. The number of nitro benzene ring substituents is 1. The van der Waals surface area contributed by atoms with E-state index in [2.05, 4.69) is 25.8 Å². The Balaban J connectivity index is 3.21. The summed E-state index contributed by atoms with van der Waals surface area (Å²) >= 11 is 2.74. The lowest BCUT2D eigenvalue weighted by atomic mass is 10.2. The van der Waals surface area contributed by atoms with Crippen LogP contribution in [0.4, 0.5) is 23.7 Å². The van der Waals surface area contributed by atoms with Gasteiger partial charge in [0.05, 0.1) is 15.6 Å². The highest BCUT2D eigenvalue weighted by atomic mass is 79.9. The Morgan fingerprint density at radius 2 is 2.14 bits per heavy atom. The normalized spacial score (nSPS) is 11.4. The molecular weight excluding hydrogens is 365 g/mol. The molecule has 0 unspecified atom stereocenters. The number of carbonyl (C=O) groups is 1. The van der Waals surface area contributed by atoms with Crippen molar-refractivity contribution in [3.05, 3.63) is 32.3 Å². The van der Waals surface area contributed by atoms with Gasteiger partial charge in [-0.05, 0) is 22.0 Å². The third-order valence-corrected chi connectivity index (χ3v) is 2.44. The van der Waals surface area contributed by atoms with Crippen LogP contribution in [0.3, 0.4) is 0 Å². The zero-order valence-corrected chi connectivity index (χ0v) is 11.4. The van der Waals surface area contributed by atoms with E-state index in [9.17, 15) is 28.1 Å². The van der Waals surface area contributed by atoms with Crippen molar-refractivity contribution in [1.82, 2.24) is 5.43 Å². The zero-order valence-electron chi connectivity index (χ0n) is 9.85. The molecule has 12 heteroatoms. The number of primary amides is 1. The SMILES string of the molecule is NC(=O)NN=Cc1cc(Br)c(OC(F)(F)F)c([N+](=O)[O-])c1. The van der Waals surface area contributed by atoms with Gasteiger partial charge in [-0.15, -0.1) is 13.2 Å². The summed E-state index contributed by atoms with van der Waals surface area (Å²) in [7, 11) is 0. The van der Waals surface area contributed by atoms with E-state index >= 15 is 0 Å². The number of hydrazone groups is 1. The number of amides is 2. The predicted molar refractivity (Wildman–Crippen MR) is 67.8 cm³/mol. The van der Waals surface area contributed by atoms with E-state index in [1.54, 1.807) is 0 Å². The van der Waals surface area contributed by atoms with E-state index in [1.165, 1.54) is 0 Å². The topological polar surface area (TPSA) is 120 Å². The summed E-state index contributed by atoms with van der Waals surface area (Å²) in [5, 5.41) is 14.1. The number of nitrogens with one attached hydrogen (secondary N) is 1. The molecule has 1 rings (SSSR count). The van der Waals surface area contributed by atoms with Crippen molar-refractivity contribution in [3.8, 4) is 5.75 Å². The minimum Gasteiger partial charge on any atom is -0.397 e. The summed E-state index contributed by atoms with van der Waals surface area (Å²) in [4.78, 5) is 20.1. The van der Waals surface area contributed by atoms with E-state index < -0.39 is 28.8 Å². The average Bonchev–Trinajstić information content (AvgIpc) is 2.29. The molecule has 2 amide bonds. The van der Waals surface area contributed by atoms with Gasteiger partial charge in [-0.2, -0.15) is 5.10 Å². The Morgan fingerprint density at radius 1 is 1.52 bits per heavy atom. The van der Waals surface area contributed by atoms with Crippen LogP contribution in [0.1, 0.15) is 5.56 Å². The molecule has 0 aliphatic carbocycles. The lowest BCUT2D eigenvalue weighted by Gasteiger charge is -2.11. The highest BCUT2D eigenvalue weighted by Gasteiger charge is 2.36. The van der Waals surface area contributed by atoms with Crippen LogP contribution in [-0.4, -0.2) is 23.5 Å². The first-order valence-corrected chi connectivity index (χ1v) is 5.71. The molecule has 0 heterocycles. The molecule has 0 saturated heterocycles. The molecule has 21 heavy (non-hydrogen) atoms. The number of hydrogen-bond acceptors (Lipinski definition) is 5. The van der Waals surface area contributed by atoms with Crippen molar-refractivity contribution in [2.75, 3.05) is 0 Å². The molecule has 8 nitrogen and oxygen atoms in total. The van der Waals surface area contributed by atoms with Crippen LogP contribution >= 0.6 is 15.9 Å². The molecule has 0 atom stereocenters. The van der Waals surface area contributed by atoms with Crippen molar-refractivity contribution in [1.29, 1.82) is 0 Å². The highest BCUT2D eigenvalue weighted by molar-refractivity contribution is 9.10. The molecule has 0 aliphatic rings. The largest absolute Gasteiger partial charge is 0.573 e. The first-order valence-electron chi connectivity index (χ1n) is 4.92. The maximum absolute atomic E-state index is 12.2. The average molecular weight is 371 g/mol. The van der Waals surface area contributed by atoms with Crippen molar-refractivity contribution in [2.24, 2.45) is 10.8 Å². The second-order valence-electron chi connectivity index (χ2n) is 3.39. The first kappa shape index (κ1) is 16.7. The summed E-state index contributed by atoms with van der Waals surface area (Å²) < 4.78 is 39.9. The lowest BCUT2D eigenvalue weighted by Crippen LogP contribution is -2.24. The van der Waals surface area contributed by atoms with Crippen molar-refractivity contribution < 1.29 is 27.6 Å². The fraction of sp³-hybridized carbons (Fsp3) is 0.111. The third kappa shape index (κ3) is 5.25. The number of halogens is 4. The third-order valence-electron chi connectivity index (χ3n) is 1.85. The fourth-order valence-electron chi connectivity index (χ4n) is 1.20. The number of hydrogen-bond donors (Lipinski definition) is 2. The van der Waals surface area contributed by atoms with Crippen LogP contribution in [0.15, 0.2) is 21.7 Å². The van der Waals surface area contributed by atoms with E-state index in [0.717, 1.165) is 18.3 Å². The molecular formula is C9H6BrF3N4O4. The minimum atomic E-state index is -5.09. The standard InChI is InChI=1S/C9H6BrF3N4O4/c10-5-1-4(3-15-16-8(14)18)2-6(17(19)20)7(5)21-9(11,12)13/h1-3H,(H3,14,16,18). The van der Waals surface area contributed by atoms with Gasteiger partial charge in [0, 0.05) is 11.6 Å². The smallest absolute Gasteiger partial charge is 0.397 e. The number of nitrogens with zero attached hydrogens (tertiary/aromatic N) is 2. The summed E-state index contributed by atoms with van der Waals surface area (Å²) in [6.45, 7) is 0. The number of ether oxygens (including phenoxy) is 1. The summed E-state index contributed by atoms with van der Waals surface area (Å²) in [6, 6.07) is 0.898. The molecule has 114 valence electrons. The number of carbonyl (C=O) groups excluding carboxylic acids is 1. The number of nitrogens with two attached hydrogens (primary N) is 1. The van der Waals surface area contributed by atoms with Gasteiger partial charge in [-0.1, -0.05) is 0 Å². The maximum Gasteiger partial charge on any atom is 0.573 e. The van der Waals surface area contributed by atoms with Gasteiger partial charge in [0.2, 0.25) is 5.75 Å². The van der Waals surface area contributed by atoms with E-state index in [-0.39, 0.29) is 10.0 Å². The van der Waals surface area contributed by atoms with Gasteiger partial charge >= 0.3 is 18.1 Å². The summed E-state index contributed by atoms with van der Waals surface area (Å²) in [5.41, 5.74) is 5.67. The second-order valence-corrected chi connectivity index (χ2v) is 4.24. The van der Waals surface area contributed by atoms with Crippen LogP contribution in [-0.2, 0) is 0 Å². The molecule has 1 aromatic rings. The molecule has 0 bridgehead atoms. The number of rotatable bonds is 4. The lowest BCUT2D eigenvalue weighted by molar-refractivity contribution is -0.388. The highest BCUT2D eigenvalue weighted by Crippen LogP contribution is 2.39. The predicted octanol–water partition coefficient (Wildman–Crippen LogP) is 2.26. The van der Waals surface area contributed by atoms with Crippen LogP contribution in [0, 0.1) is 10.1 Å². The number of nitro groups is 1. The minimum absolute atomic E-state index is 0.0387. The Hall–Kier alpha value is -2.37.